The standard InChI is InChI=1S/C12H15NO3/c1-8-2-3-9(10(15)6-8)11(16)13-12(7-14)4-5-12/h2-3,6,14-15H,4-5,7H2,1H3,(H,13,16). The van der Waals surface area contributed by atoms with Gasteiger partial charge >= 0.3 is 0 Å². The maximum atomic E-state index is 11.8. The lowest BCUT2D eigenvalue weighted by Gasteiger charge is -2.14. The first-order valence-corrected chi connectivity index (χ1v) is 5.29. The first kappa shape index (κ1) is 11.0. The molecule has 1 aromatic carbocycles. The molecule has 0 aromatic heterocycles. The van der Waals surface area contributed by atoms with Gasteiger partial charge in [0.1, 0.15) is 5.75 Å². The summed E-state index contributed by atoms with van der Waals surface area (Å²) < 4.78 is 0. The highest BCUT2D eigenvalue weighted by Crippen LogP contribution is 2.35. The highest BCUT2D eigenvalue weighted by Gasteiger charge is 2.43. The van der Waals surface area contributed by atoms with E-state index in [4.69, 9.17) is 5.11 Å². The van der Waals surface area contributed by atoms with Gasteiger partial charge in [-0.05, 0) is 37.5 Å². The van der Waals surface area contributed by atoms with Crippen molar-refractivity contribution < 1.29 is 15.0 Å². The molecule has 0 saturated heterocycles. The van der Waals surface area contributed by atoms with Crippen LogP contribution in [-0.2, 0) is 0 Å². The highest BCUT2D eigenvalue weighted by atomic mass is 16.3. The molecule has 1 aliphatic rings. The van der Waals surface area contributed by atoms with Crippen LogP contribution in [0.2, 0.25) is 0 Å². The molecule has 0 heterocycles. The number of aliphatic hydroxyl groups excluding tert-OH is 1. The maximum Gasteiger partial charge on any atom is 0.255 e. The highest BCUT2D eigenvalue weighted by molar-refractivity contribution is 5.97. The number of aryl methyl sites for hydroxylation is 1. The van der Waals surface area contributed by atoms with Crippen LogP contribution in [0.4, 0.5) is 0 Å². The van der Waals surface area contributed by atoms with E-state index in [0.29, 0.717) is 0 Å². The van der Waals surface area contributed by atoms with E-state index in [1.54, 1.807) is 18.2 Å². The van der Waals surface area contributed by atoms with Crippen molar-refractivity contribution in [2.75, 3.05) is 6.61 Å². The van der Waals surface area contributed by atoms with Gasteiger partial charge < -0.3 is 15.5 Å². The van der Waals surface area contributed by atoms with Crippen LogP contribution in [0.3, 0.4) is 0 Å². The fourth-order valence-corrected chi connectivity index (χ4v) is 1.62. The van der Waals surface area contributed by atoms with Gasteiger partial charge in [0.15, 0.2) is 0 Å². The molecule has 1 saturated carbocycles. The van der Waals surface area contributed by atoms with E-state index in [1.807, 2.05) is 6.92 Å². The fourth-order valence-electron chi connectivity index (χ4n) is 1.62. The van der Waals surface area contributed by atoms with E-state index >= 15 is 0 Å². The Morgan fingerprint density at radius 2 is 2.19 bits per heavy atom. The van der Waals surface area contributed by atoms with Crippen LogP contribution >= 0.6 is 0 Å². The summed E-state index contributed by atoms with van der Waals surface area (Å²) in [6.45, 7) is 1.79. The number of phenols is 1. The molecule has 16 heavy (non-hydrogen) atoms. The zero-order chi connectivity index (χ0) is 11.8. The van der Waals surface area contributed by atoms with E-state index in [2.05, 4.69) is 5.32 Å². The van der Waals surface area contributed by atoms with Gasteiger partial charge in [-0.2, -0.15) is 0 Å². The first-order valence-electron chi connectivity index (χ1n) is 5.29. The molecular formula is C12H15NO3. The Labute approximate surface area is 93.9 Å². The Morgan fingerprint density at radius 3 is 2.69 bits per heavy atom. The number of benzene rings is 1. The second kappa shape index (κ2) is 3.79. The number of nitrogens with one attached hydrogen (secondary N) is 1. The summed E-state index contributed by atoms with van der Waals surface area (Å²) >= 11 is 0. The van der Waals surface area contributed by atoms with Crippen molar-refractivity contribution in [1.82, 2.24) is 5.32 Å². The van der Waals surface area contributed by atoms with E-state index in [0.717, 1.165) is 18.4 Å². The van der Waals surface area contributed by atoms with Crippen LogP contribution in [0, 0.1) is 6.92 Å². The summed E-state index contributed by atoms with van der Waals surface area (Å²) in [6.07, 6.45) is 1.59. The lowest BCUT2D eigenvalue weighted by molar-refractivity contribution is 0.0904. The lowest BCUT2D eigenvalue weighted by Crippen LogP contribution is -2.39. The van der Waals surface area contributed by atoms with Crippen molar-refractivity contribution in [1.29, 1.82) is 0 Å². The minimum Gasteiger partial charge on any atom is -0.507 e. The number of phenolic OH excluding ortho intramolecular Hbond substituents is 1. The van der Waals surface area contributed by atoms with Crippen LogP contribution in [0.25, 0.3) is 0 Å². The van der Waals surface area contributed by atoms with E-state index in [9.17, 15) is 9.90 Å². The van der Waals surface area contributed by atoms with Gasteiger partial charge in [-0.15, -0.1) is 0 Å². The molecule has 0 unspecified atom stereocenters. The molecule has 1 aromatic rings. The average Bonchev–Trinajstić information content (AvgIpc) is 2.98. The number of amides is 1. The molecule has 0 spiro atoms. The molecule has 0 bridgehead atoms. The predicted octanol–water partition coefficient (Wildman–Crippen LogP) is 0.955. The van der Waals surface area contributed by atoms with Gasteiger partial charge in [-0.1, -0.05) is 6.07 Å². The Morgan fingerprint density at radius 1 is 1.50 bits per heavy atom. The SMILES string of the molecule is Cc1ccc(C(=O)NC2(CO)CC2)c(O)c1. The predicted molar refractivity (Wildman–Crippen MR) is 59.4 cm³/mol. The van der Waals surface area contributed by atoms with Gasteiger partial charge in [-0.3, -0.25) is 4.79 Å². The molecule has 3 N–H and O–H groups in total. The molecule has 86 valence electrons. The normalized spacial score (nSPS) is 16.9. The number of hydrogen-bond donors (Lipinski definition) is 3. The van der Waals surface area contributed by atoms with Crippen LogP contribution < -0.4 is 5.32 Å². The van der Waals surface area contributed by atoms with E-state index in [-0.39, 0.29) is 23.8 Å². The fraction of sp³-hybridized carbons (Fsp3) is 0.417. The number of rotatable bonds is 3. The van der Waals surface area contributed by atoms with Crippen molar-refractivity contribution in [2.24, 2.45) is 0 Å². The van der Waals surface area contributed by atoms with Crippen molar-refractivity contribution >= 4 is 5.91 Å². The van der Waals surface area contributed by atoms with E-state index < -0.39 is 5.54 Å². The summed E-state index contributed by atoms with van der Waals surface area (Å²) in [5.41, 5.74) is 0.705. The zero-order valence-electron chi connectivity index (χ0n) is 9.16. The number of hydrogen-bond acceptors (Lipinski definition) is 3. The third-order valence-corrected chi connectivity index (χ3v) is 2.93. The Hall–Kier alpha value is -1.55. The Balaban J connectivity index is 2.15. The quantitative estimate of drug-likeness (QED) is 0.712. The number of carbonyl (C=O) groups excluding carboxylic acids is 1. The van der Waals surface area contributed by atoms with E-state index in [1.165, 1.54) is 0 Å². The smallest absolute Gasteiger partial charge is 0.255 e. The number of aliphatic hydroxyl groups is 1. The van der Waals surface area contributed by atoms with Crippen LogP contribution in [0.5, 0.6) is 5.75 Å². The Kier molecular flexibility index (Phi) is 2.59. The molecule has 0 atom stereocenters. The summed E-state index contributed by atoms with van der Waals surface area (Å²) in [7, 11) is 0. The summed E-state index contributed by atoms with van der Waals surface area (Å²) in [6, 6.07) is 4.91. The van der Waals surface area contributed by atoms with Crippen LogP contribution in [-0.4, -0.2) is 28.3 Å². The average molecular weight is 221 g/mol. The van der Waals surface area contributed by atoms with Crippen molar-refractivity contribution in [2.45, 2.75) is 25.3 Å². The Bertz CT molecular complexity index is 424. The summed E-state index contributed by atoms with van der Waals surface area (Å²) in [4.78, 5) is 11.8. The monoisotopic (exact) mass is 221 g/mol. The van der Waals surface area contributed by atoms with Gasteiger partial charge in [0.25, 0.3) is 5.91 Å². The third kappa shape index (κ3) is 2.02. The second-order valence-electron chi connectivity index (χ2n) is 4.41. The van der Waals surface area contributed by atoms with Crippen LogP contribution in [0.15, 0.2) is 18.2 Å². The van der Waals surface area contributed by atoms with Gasteiger partial charge in [-0.25, -0.2) is 0 Å². The molecule has 1 aliphatic carbocycles. The van der Waals surface area contributed by atoms with Gasteiger partial charge in [0.05, 0.1) is 17.7 Å². The van der Waals surface area contributed by atoms with Gasteiger partial charge in [0.2, 0.25) is 0 Å². The number of aromatic hydroxyl groups is 1. The van der Waals surface area contributed by atoms with Crippen LogP contribution in [0.1, 0.15) is 28.8 Å². The maximum absolute atomic E-state index is 11.8. The second-order valence-corrected chi connectivity index (χ2v) is 4.41. The van der Waals surface area contributed by atoms with Crippen molar-refractivity contribution in [3.63, 3.8) is 0 Å². The topological polar surface area (TPSA) is 69.6 Å². The molecule has 4 heteroatoms. The molecule has 0 aliphatic heterocycles. The summed E-state index contributed by atoms with van der Waals surface area (Å²) in [5.74, 6) is -0.352. The molecular weight excluding hydrogens is 206 g/mol. The molecule has 1 amide bonds. The van der Waals surface area contributed by atoms with Crippen molar-refractivity contribution in [3.8, 4) is 5.75 Å². The third-order valence-electron chi connectivity index (χ3n) is 2.93. The zero-order valence-corrected chi connectivity index (χ0v) is 9.16. The number of carbonyl (C=O) groups is 1. The minimum atomic E-state index is -0.450. The molecule has 2 rings (SSSR count). The van der Waals surface area contributed by atoms with Crippen molar-refractivity contribution in [3.05, 3.63) is 29.3 Å². The summed E-state index contributed by atoms with van der Waals surface area (Å²) in [5, 5.41) is 21.5. The first-order chi connectivity index (χ1) is 7.56. The lowest BCUT2D eigenvalue weighted by atomic mass is 10.1. The molecule has 0 radical (unpaired) electrons. The van der Waals surface area contributed by atoms with Gasteiger partial charge in [0, 0.05) is 0 Å². The molecule has 1 fully saturated rings. The largest absolute Gasteiger partial charge is 0.507 e. The minimum absolute atomic E-state index is 0.0220. The molecule has 4 nitrogen and oxygen atoms in total.